The summed E-state index contributed by atoms with van der Waals surface area (Å²) in [6.45, 7) is 7.77. The molecule has 1 N–H and O–H groups in total. The van der Waals surface area contributed by atoms with E-state index < -0.39 is 8.07 Å². The van der Waals surface area contributed by atoms with Crippen molar-refractivity contribution < 1.29 is 24.1 Å². The highest BCUT2D eigenvalue weighted by atomic mass is 28.3. The molecule has 2 aliphatic heterocycles. The molecule has 10 heteroatoms. The van der Waals surface area contributed by atoms with Crippen LogP contribution in [0.1, 0.15) is 42.7 Å². The number of methoxy groups -OCH3 is 2. The van der Waals surface area contributed by atoms with Crippen LogP contribution >= 0.6 is 0 Å². The van der Waals surface area contributed by atoms with E-state index in [0.717, 1.165) is 47.0 Å². The Labute approximate surface area is 272 Å². The Bertz CT molecular complexity index is 1670. The second-order valence-corrected chi connectivity index (χ2v) is 17.7. The van der Waals surface area contributed by atoms with E-state index in [1.165, 1.54) is 10.8 Å². The number of anilines is 2. The Hall–Kier alpha value is -3.99. The molecule has 0 radical (unpaired) electrons. The summed E-state index contributed by atoms with van der Waals surface area (Å²) in [5, 5.41) is 19.3. The summed E-state index contributed by atoms with van der Waals surface area (Å²) in [6.07, 6.45) is 4.16. The number of hydrogen-bond acceptors (Lipinski definition) is 7. The largest absolute Gasteiger partial charge is 0.497 e. The van der Waals surface area contributed by atoms with Crippen molar-refractivity contribution in [1.29, 1.82) is 0 Å². The van der Waals surface area contributed by atoms with Gasteiger partial charge >= 0.3 is 0 Å². The molecular formula is C36H44N4O5Si. The van der Waals surface area contributed by atoms with E-state index in [0.29, 0.717) is 19.4 Å². The Morgan fingerprint density at radius 3 is 2.59 bits per heavy atom. The van der Waals surface area contributed by atoms with Gasteiger partial charge in [0, 0.05) is 56.5 Å². The van der Waals surface area contributed by atoms with Crippen molar-refractivity contribution in [3.05, 3.63) is 89.7 Å². The number of hydrogen-bond donors (Lipinski definition) is 1. The van der Waals surface area contributed by atoms with Crippen LogP contribution in [-0.2, 0) is 28.9 Å². The van der Waals surface area contributed by atoms with Crippen LogP contribution in [0.4, 0.5) is 11.4 Å². The number of carbonyl (C=O) groups is 1. The van der Waals surface area contributed by atoms with Crippen molar-refractivity contribution in [3.8, 4) is 11.5 Å². The van der Waals surface area contributed by atoms with Gasteiger partial charge in [0.15, 0.2) is 0 Å². The second kappa shape index (κ2) is 13.4. The average Bonchev–Trinajstić information content (AvgIpc) is 3.52. The van der Waals surface area contributed by atoms with Gasteiger partial charge in [0.25, 0.3) is 0 Å². The van der Waals surface area contributed by atoms with Crippen LogP contribution in [0, 0.1) is 5.92 Å². The molecule has 1 unspecified atom stereocenters. The van der Waals surface area contributed by atoms with E-state index in [9.17, 15) is 9.90 Å². The van der Waals surface area contributed by atoms with Gasteiger partial charge in [-0.05, 0) is 60.3 Å². The number of nitrogens with zero attached hydrogens (tertiary/aromatic N) is 4. The molecule has 0 aliphatic carbocycles. The third kappa shape index (κ3) is 6.09. The molecule has 1 amide bonds. The summed E-state index contributed by atoms with van der Waals surface area (Å²) in [7, 11) is 1.28. The highest BCUT2D eigenvalue weighted by molar-refractivity contribution is 6.91. The highest BCUT2D eigenvalue weighted by Gasteiger charge is 2.47. The van der Waals surface area contributed by atoms with Crippen LogP contribution in [0.5, 0.6) is 11.5 Å². The first kappa shape index (κ1) is 32.0. The Kier molecular flexibility index (Phi) is 9.31. The van der Waals surface area contributed by atoms with Gasteiger partial charge in [-0.2, -0.15) is 0 Å². The van der Waals surface area contributed by atoms with Crippen molar-refractivity contribution in [2.24, 2.45) is 5.92 Å². The second-order valence-electron chi connectivity index (χ2n) is 13.0. The van der Waals surface area contributed by atoms with Crippen LogP contribution in [0.3, 0.4) is 0 Å². The molecule has 1 aromatic heterocycles. The first-order chi connectivity index (χ1) is 22.2. The normalized spacial score (nSPS) is 20.1. The molecule has 0 spiro atoms. The molecule has 46 heavy (non-hydrogen) atoms. The third-order valence-electron chi connectivity index (χ3n) is 9.94. The average molecular weight is 641 g/mol. The number of aliphatic hydroxyl groups excluding tert-OH is 1. The van der Waals surface area contributed by atoms with Crippen LogP contribution in [0.2, 0.25) is 18.6 Å². The molecule has 6 rings (SSSR count). The molecule has 3 aromatic carbocycles. The molecule has 0 bridgehead atoms. The Balaban J connectivity index is 1.35. The fourth-order valence-corrected chi connectivity index (χ4v) is 10.8. The number of aliphatic hydroxyl groups is 1. The number of ether oxygens (including phenoxy) is 3. The number of aryl methyl sites for hydroxylation is 2. The maximum Gasteiger partial charge on any atom is 0.231 e. The summed E-state index contributed by atoms with van der Waals surface area (Å²) in [6, 6.07) is 22.7. The van der Waals surface area contributed by atoms with E-state index in [1.54, 1.807) is 14.2 Å². The number of benzene rings is 3. The fourth-order valence-electron chi connectivity index (χ4n) is 7.33. The number of carbonyl (C=O) groups excluding carboxylic acids is 1. The zero-order valence-electron chi connectivity index (χ0n) is 27.3. The predicted octanol–water partition coefficient (Wildman–Crippen LogP) is 5.59. The van der Waals surface area contributed by atoms with Gasteiger partial charge in [-0.3, -0.25) is 14.4 Å². The summed E-state index contributed by atoms with van der Waals surface area (Å²) >= 11 is 0. The first-order valence-corrected chi connectivity index (χ1v) is 19.2. The van der Waals surface area contributed by atoms with Crippen molar-refractivity contribution in [2.45, 2.75) is 70.0 Å². The monoisotopic (exact) mass is 640 g/mol. The molecule has 0 fully saturated rings. The Morgan fingerprint density at radius 2 is 1.85 bits per heavy atom. The molecule has 4 atom stereocenters. The lowest BCUT2D eigenvalue weighted by Crippen LogP contribution is -2.54. The minimum absolute atomic E-state index is 0.0350. The fraction of sp³-hybridized carbons (Fsp3) is 0.417. The van der Waals surface area contributed by atoms with Gasteiger partial charge in [-0.1, -0.05) is 60.7 Å². The van der Waals surface area contributed by atoms with Crippen molar-refractivity contribution >= 4 is 30.5 Å². The van der Waals surface area contributed by atoms with E-state index in [2.05, 4.69) is 54.6 Å². The predicted molar refractivity (Wildman–Crippen MR) is 181 cm³/mol. The van der Waals surface area contributed by atoms with Crippen LogP contribution < -0.4 is 19.6 Å². The van der Waals surface area contributed by atoms with Gasteiger partial charge < -0.3 is 19.3 Å². The summed E-state index contributed by atoms with van der Waals surface area (Å²) in [5.74, 6) is 1.77. The van der Waals surface area contributed by atoms with Crippen LogP contribution in [0.15, 0.2) is 72.9 Å². The van der Waals surface area contributed by atoms with Crippen molar-refractivity contribution in [3.63, 3.8) is 0 Å². The topological polar surface area (TPSA) is 98.9 Å². The van der Waals surface area contributed by atoms with E-state index in [1.807, 2.05) is 58.2 Å². The number of fused-ring (bicyclic) bond motifs is 2. The first-order valence-electron chi connectivity index (χ1n) is 16.1. The number of para-hydroxylation sites is 1. The minimum Gasteiger partial charge on any atom is -0.497 e. The van der Waals surface area contributed by atoms with E-state index >= 15 is 0 Å². The van der Waals surface area contributed by atoms with Gasteiger partial charge in [0.2, 0.25) is 5.91 Å². The lowest BCUT2D eigenvalue weighted by Gasteiger charge is -2.46. The maximum absolute atomic E-state index is 13.2. The van der Waals surface area contributed by atoms with E-state index in [4.69, 9.17) is 14.2 Å². The maximum atomic E-state index is 13.2. The zero-order chi connectivity index (χ0) is 32.4. The van der Waals surface area contributed by atoms with Crippen LogP contribution in [-0.4, -0.2) is 61.0 Å². The van der Waals surface area contributed by atoms with Gasteiger partial charge in [-0.15, -0.1) is 5.10 Å². The quantitative estimate of drug-likeness (QED) is 0.213. The molecule has 2 aliphatic rings. The highest BCUT2D eigenvalue weighted by Crippen LogP contribution is 2.49. The third-order valence-corrected chi connectivity index (χ3v) is 14.2. The molecule has 0 saturated heterocycles. The van der Waals surface area contributed by atoms with Crippen LogP contribution in [0.25, 0.3) is 0 Å². The lowest BCUT2D eigenvalue weighted by molar-refractivity contribution is -0.118. The molecule has 9 nitrogen and oxygen atoms in total. The number of amides is 1. The summed E-state index contributed by atoms with van der Waals surface area (Å²) in [5.41, 5.74) is 4.90. The van der Waals surface area contributed by atoms with Gasteiger partial charge in [0.05, 0.1) is 32.7 Å². The lowest BCUT2D eigenvalue weighted by atomic mass is 9.86. The van der Waals surface area contributed by atoms with Gasteiger partial charge in [-0.25, -0.2) is 0 Å². The molecule has 4 aromatic rings. The standard InChI is InChI=1S/C36H44N4O5Si/c1-24-35(44-3)30-22-27(40-31-9-7-6-8-25(31)10-17-34(40)42)11-16-32(30)45-36(24)33(18-20-39-23-26(19-21-41)37-38-39)46(4,5)29-14-12-28(43-2)13-15-29/h6-9,11-16,22-24,33,35-36,41H,10,17-21H2,1-5H3/t24-,33?,35-,36-/m1/s1. The van der Waals surface area contributed by atoms with E-state index in [-0.39, 0.29) is 36.2 Å². The SMILES string of the molecule is COc1ccc([Si](C)(C)C(CCn2cc(CCO)nn2)[C@@H]2Oc3ccc(N4C(=O)CCc5ccccc54)cc3[C@H](OC)[C@H]2C)cc1. The van der Waals surface area contributed by atoms with Crippen molar-refractivity contribution in [1.82, 2.24) is 15.0 Å². The summed E-state index contributed by atoms with van der Waals surface area (Å²) < 4.78 is 20.6. The molecule has 0 saturated carbocycles. The molecular weight excluding hydrogens is 597 g/mol. The molecule has 242 valence electrons. The number of rotatable bonds is 11. The molecule has 3 heterocycles. The zero-order valence-corrected chi connectivity index (χ0v) is 28.3. The summed E-state index contributed by atoms with van der Waals surface area (Å²) in [4.78, 5) is 15.1. The Morgan fingerprint density at radius 1 is 1.07 bits per heavy atom. The number of aromatic nitrogens is 3. The smallest absolute Gasteiger partial charge is 0.231 e. The van der Waals surface area contributed by atoms with Gasteiger partial charge in [0.1, 0.15) is 17.6 Å². The minimum atomic E-state index is -2.18. The van der Waals surface area contributed by atoms with Crippen molar-refractivity contribution in [2.75, 3.05) is 25.7 Å².